The summed E-state index contributed by atoms with van der Waals surface area (Å²) in [7, 11) is -9.91. The first-order valence-electron chi connectivity index (χ1n) is 8.00. The van der Waals surface area contributed by atoms with Gasteiger partial charge in [0.15, 0.2) is 0 Å². The second-order valence-corrected chi connectivity index (χ2v) is 9.17. The summed E-state index contributed by atoms with van der Waals surface area (Å²) in [4.78, 5) is -1.71. The van der Waals surface area contributed by atoms with Gasteiger partial charge < -0.3 is 19.3 Å². The maximum absolute atomic E-state index is 12.6. The Morgan fingerprint density at radius 3 is 2.21 bits per heavy atom. The predicted octanol–water partition coefficient (Wildman–Crippen LogP) is -1.79. The van der Waals surface area contributed by atoms with Crippen molar-refractivity contribution < 1.29 is 83.1 Å². The van der Waals surface area contributed by atoms with E-state index >= 15 is 0 Å². The van der Waals surface area contributed by atoms with Crippen molar-refractivity contribution in [3.63, 3.8) is 0 Å². The molecule has 0 atom stereocenters. The monoisotopic (exact) mass is 559 g/mol. The van der Waals surface area contributed by atoms with Crippen molar-refractivity contribution in [2.45, 2.75) is 16.7 Å². The first-order chi connectivity index (χ1) is 14.3. The van der Waals surface area contributed by atoms with Gasteiger partial charge in [-0.15, -0.1) is 5.11 Å². The average Bonchev–Trinajstić information content (AvgIpc) is 2.94. The molecule has 0 unspecified atom stereocenters. The number of aryl methyl sites for hydroxylation is 1. The first kappa shape index (κ1) is 29.5. The maximum Gasteiger partial charge on any atom is 3.00 e. The third-order valence-corrected chi connectivity index (χ3v) is 5.76. The summed E-state index contributed by atoms with van der Waals surface area (Å²) in [5, 5.41) is 35.5. The molecular formula is C16H9ClCrN4NaO8S2. The molecule has 0 aliphatic carbocycles. The number of azo groups is 1. The molecule has 0 amide bonds. The number of rotatable bonds is 5. The SMILES string of the molecule is Cc1nn(-c2cccc(S(=O)(=O)[O-])c2)c([O-])c1N=Nc1cc(Cl)cc(S(=O)(=O)[O-])c1[O-].[Cr+3].[Na+]. The number of benzene rings is 2. The molecule has 2 aromatic carbocycles. The maximum atomic E-state index is 12.6. The summed E-state index contributed by atoms with van der Waals surface area (Å²) in [5.74, 6) is -2.12. The van der Waals surface area contributed by atoms with E-state index < -0.39 is 47.3 Å². The molecular weight excluding hydrogens is 551 g/mol. The Hall–Kier alpha value is -1.51. The Bertz CT molecular complexity index is 1440. The molecule has 1 radical (unpaired) electrons. The van der Waals surface area contributed by atoms with Crippen LogP contribution >= 0.6 is 11.6 Å². The average molecular weight is 560 g/mol. The van der Waals surface area contributed by atoms with Crippen LogP contribution in [0.4, 0.5) is 11.4 Å². The molecule has 33 heavy (non-hydrogen) atoms. The molecule has 3 aromatic rings. The van der Waals surface area contributed by atoms with Gasteiger partial charge in [0.25, 0.3) is 0 Å². The van der Waals surface area contributed by atoms with Gasteiger partial charge in [-0.2, -0.15) is 10.2 Å². The topological polar surface area (TPSA) is 203 Å². The molecule has 0 N–H and O–H groups in total. The van der Waals surface area contributed by atoms with Crippen LogP contribution in [0.2, 0.25) is 5.02 Å². The van der Waals surface area contributed by atoms with Crippen molar-refractivity contribution >= 4 is 43.2 Å². The van der Waals surface area contributed by atoms with Crippen LogP contribution in [0, 0.1) is 6.92 Å². The van der Waals surface area contributed by atoms with Gasteiger partial charge in [-0.3, -0.25) is 0 Å². The third kappa shape index (κ3) is 6.55. The van der Waals surface area contributed by atoms with E-state index in [1.807, 2.05) is 0 Å². The minimum Gasteiger partial charge on any atom is -0.870 e. The minimum atomic E-state index is -5.13. The molecule has 1 aromatic heterocycles. The van der Waals surface area contributed by atoms with Gasteiger partial charge in [-0.05, 0) is 37.3 Å². The molecule has 0 saturated heterocycles. The molecule has 167 valence electrons. The molecule has 1 heterocycles. The zero-order chi connectivity index (χ0) is 23.1. The summed E-state index contributed by atoms with van der Waals surface area (Å²) < 4.78 is 67.9. The Morgan fingerprint density at radius 2 is 1.64 bits per heavy atom. The van der Waals surface area contributed by atoms with Gasteiger partial charge in [-0.1, -0.05) is 23.4 Å². The summed E-state index contributed by atoms with van der Waals surface area (Å²) in [6, 6.07) is 6.17. The number of hydrogen-bond donors (Lipinski definition) is 0. The number of aromatic nitrogens is 2. The van der Waals surface area contributed by atoms with Gasteiger partial charge >= 0.3 is 46.9 Å². The van der Waals surface area contributed by atoms with Crippen molar-refractivity contribution in [3.05, 3.63) is 47.1 Å². The Labute approximate surface area is 225 Å². The summed E-state index contributed by atoms with van der Waals surface area (Å²) in [6.45, 7) is 1.37. The fourth-order valence-electron chi connectivity index (χ4n) is 2.48. The molecule has 0 aliphatic heterocycles. The largest absolute Gasteiger partial charge is 3.00 e. The van der Waals surface area contributed by atoms with E-state index in [2.05, 4.69) is 15.3 Å². The van der Waals surface area contributed by atoms with Gasteiger partial charge in [0, 0.05) is 10.9 Å². The Balaban J connectivity index is 0.00000272. The van der Waals surface area contributed by atoms with E-state index in [9.17, 15) is 36.2 Å². The van der Waals surface area contributed by atoms with Crippen LogP contribution in [0.1, 0.15) is 5.69 Å². The molecule has 3 rings (SSSR count). The molecule has 0 spiro atoms. The van der Waals surface area contributed by atoms with Crippen molar-refractivity contribution in [1.29, 1.82) is 0 Å². The molecule has 0 saturated carbocycles. The fourth-order valence-corrected chi connectivity index (χ4v) is 3.87. The van der Waals surface area contributed by atoms with E-state index in [1.54, 1.807) is 0 Å². The number of halogens is 1. The van der Waals surface area contributed by atoms with Crippen LogP contribution in [-0.4, -0.2) is 35.7 Å². The van der Waals surface area contributed by atoms with E-state index in [-0.39, 0.29) is 69.0 Å². The van der Waals surface area contributed by atoms with Crippen molar-refractivity contribution in [2.75, 3.05) is 0 Å². The first-order valence-corrected chi connectivity index (χ1v) is 11.2. The van der Waals surface area contributed by atoms with Crippen LogP contribution in [-0.2, 0) is 37.6 Å². The molecule has 0 aliphatic rings. The smallest absolute Gasteiger partial charge is 0.870 e. The predicted molar refractivity (Wildman–Crippen MR) is 98.7 cm³/mol. The molecule has 0 fully saturated rings. The number of hydrogen-bond acceptors (Lipinski definition) is 11. The zero-order valence-electron chi connectivity index (χ0n) is 16.6. The Morgan fingerprint density at radius 1 is 1.00 bits per heavy atom. The van der Waals surface area contributed by atoms with E-state index in [0.29, 0.717) is 6.07 Å². The summed E-state index contributed by atoms with van der Waals surface area (Å²) >= 11 is 5.71. The van der Waals surface area contributed by atoms with Crippen molar-refractivity contribution in [3.8, 4) is 17.3 Å². The van der Waals surface area contributed by atoms with Gasteiger partial charge in [0.1, 0.15) is 25.9 Å². The summed E-state index contributed by atoms with van der Waals surface area (Å²) in [6.07, 6.45) is 0. The van der Waals surface area contributed by atoms with Gasteiger partial charge in [0.05, 0.1) is 26.9 Å². The fraction of sp³-hybridized carbons (Fsp3) is 0.0625. The van der Waals surface area contributed by atoms with Gasteiger partial charge in [-0.25, -0.2) is 21.5 Å². The normalized spacial score (nSPS) is 11.8. The number of nitrogens with zero attached hydrogens (tertiary/aromatic N) is 4. The van der Waals surface area contributed by atoms with Crippen LogP contribution in [0.25, 0.3) is 5.69 Å². The molecule has 17 heteroatoms. The molecule has 12 nitrogen and oxygen atoms in total. The second kappa shape index (κ2) is 10.8. The van der Waals surface area contributed by atoms with Gasteiger partial charge in [0.2, 0.25) is 0 Å². The van der Waals surface area contributed by atoms with Crippen LogP contribution < -0.4 is 39.8 Å². The van der Waals surface area contributed by atoms with Crippen molar-refractivity contribution in [2.24, 2.45) is 10.2 Å². The zero-order valence-corrected chi connectivity index (χ0v) is 22.3. The van der Waals surface area contributed by atoms with E-state index in [0.717, 1.165) is 22.9 Å². The molecule has 0 bridgehead atoms. The Kier molecular flexibility index (Phi) is 9.69. The summed E-state index contributed by atoms with van der Waals surface area (Å²) in [5.41, 5.74) is -0.983. The van der Waals surface area contributed by atoms with E-state index in [4.69, 9.17) is 11.6 Å². The van der Waals surface area contributed by atoms with Crippen LogP contribution in [0.5, 0.6) is 11.6 Å². The van der Waals surface area contributed by atoms with Crippen molar-refractivity contribution in [1.82, 2.24) is 9.78 Å². The van der Waals surface area contributed by atoms with Crippen LogP contribution in [0.3, 0.4) is 0 Å². The third-order valence-electron chi connectivity index (χ3n) is 3.87. The quantitative estimate of drug-likeness (QED) is 0.196. The minimum absolute atomic E-state index is 0. The van der Waals surface area contributed by atoms with E-state index in [1.165, 1.54) is 19.1 Å². The standard InChI is InChI=1S/C16H13ClN4O8S2.Cr.Na/c1-8-14(19-18-12-5-9(17)6-13(15(12)22)31(27,28)29)16(23)21(20-8)10-3-2-4-11(7-10)30(24,25)26;;/h2-7,22-23H,1H3,(H,24,25,26)(H,27,28,29);;/q;+3;+1/p-4. The van der Waals surface area contributed by atoms with Crippen LogP contribution in [0.15, 0.2) is 56.4 Å². The second-order valence-electron chi connectivity index (χ2n) is 6.01.